The summed E-state index contributed by atoms with van der Waals surface area (Å²) < 4.78 is 74.4. The molecule has 12 nitrogen and oxygen atoms in total. The number of nitrogens with zero attached hydrogens (tertiary/aromatic N) is 5. The van der Waals surface area contributed by atoms with Gasteiger partial charge in [0, 0.05) is 32.2 Å². The fraction of sp³-hybridized carbons (Fsp3) is 0.520. The molecule has 41 heavy (non-hydrogen) atoms. The third-order valence-corrected chi connectivity index (χ3v) is 8.80. The van der Waals surface area contributed by atoms with Crippen molar-refractivity contribution in [1.29, 1.82) is 0 Å². The highest BCUT2D eigenvalue weighted by atomic mass is 32.2. The van der Waals surface area contributed by atoms with Crippen LogP contribution < -0.4 is 25.2 Å². The highest BCUT2D eigenvalue weighted by Crippen LogP contribution is 2.40. The molecule has 1 aliphatic carbocycles. The topological polar surface area (TPSA) is 137 Å². The zero-order chi connectivity index (χ0) is 29.7. The van der Waals surface area contributed by atoms with E-state index in [0.717, 1.165) is 30.1 Å². The van der Waals surface area contributed by atoms with Crippen molar-refractivity contribution in [3.8, 4) is 5.75 Å². The number of aromatic nitrogens is 2. The van der Waals surface area contributed by atoms with Crippen LogP contribution in [0.25, 0.3) is 0 Å². The van der Waals surface area contributed by atoms with Crippen LogP contribution in [0.1, 0.15) is 36.0 Å². The lowest BCUT2D eigenvalue weighted by Crippen LogP contribution is -2.60. The van der Waals surface area contributed by atoms with Gasteiger partial charge in [-0.3, -0.25) is 9.59 Å². The second kappa shape index (κ2) is 10.6. The molecule has 1 aromatic heterocycles. The number of carbonyl (C=O) groups excluding carboxylic acids is 2. The largest absolute Gasteiger partial charge is 0.495 e. The number of nitrogens with one attached hydrogen (secondary N) is 2. The van der Waals surface area contributed by atoms with Crippen LogP contribution in [0.5, 0.6) is 5.75 Å². The molecule has 2 aromatic rings. The molecular formula is C25H30F3N7O5S. The third kappa shape index (κ3) is 5.62. The lowest BCUT2D eigenvalue weighted by Gasteiger charge is -2.37. The van der Waals surface area contributed by atoms with Crippen molar-refractivity contribution in [1.82, 2.24) is 19.6 Å². The number of carbonyl (C=O) groups is 2. The SMILES string of the molecule is COc1cc(C(=O)NC2CN(S(C)(=O)=O)C2)c(F)cc1Nc1ncc2c(n1)N(C1CCCC1)CC(F)(F)C(=O)N2C. The Morgan fingerprint density at radius 3 is 2.51 bits per heavy atom. The molecule has 0 radical (unpaired) electrons. The third-order valence-electron chi connectivity index (χ3n) is 7.57. The smallest absolute Gasteiger partial charge is 0.342 e. The Balaban J connectivity index is 1.40. The number of fused-ring (bicyclic) bond motifs is 1. The van der Waals surface area contributed by atoms with E-state index in [1.165, 1.54) is 35.6 Å². The predicted molar refractivity (Wildman–Crippen MR) is 144 cm³/mol. The highest BCUT2D eigenvalue weighted by molar-refractivity contribution is 7.88. The van der Waals surface area contributed by atoms with Crippen molar-refractivity contribution in [2.24, 2.45) is 0 Å². The van der Waals surface area contributed by atoms with Crippen LogP contribution in [0, 0.1) is 5.82 Å². The van der Waals surface area contributed by atoms with Gasteiger partial charge in [-0.1, -0.05) is 12.8 Å². The molecule has 3 aliphatic rings. The molecule has 16 heteroatoms. The number of sulfonamides is 1. The average molecular weight is 598 g/mol. The van der Waals surface area contributed by atoms with E-state index in [1.54, 1.807) is 0 Å². The lowest BCUT2D eigenvalue weighted by molar-refractivity contribution is -0.140. The van der Waals surface area contributed by atoms with Crippen LogP contribution in [0.3, 0.4) is 0 Å². The molecule has 0 unspecified atom stereocenters. The van der Waals surface area contributed by atoms with E-state index in [0.29, 0.717) is 12.8 Å². The summed E-state index contributed by atoms with van der Waals surface area (Å²) >= 11 is 0. The first-order valence-electron chi connectivity index (χ1n) is 13.0. The zero-order valence-electron chi connectivity index (χ0n) is 22.7. The van der Waals surface area contributed by atoms with Gasteiger partial charge in [0.2, 0.25) is 16.0 Å². The van der Waals surface area contributed by atoms with Gasteiger partial charge in [-0.2, -0.15) is 18.1 Å². The summed E-state index contributed by atoms with van der Waals surface area (Å²) in [4.78, 5) is 36.1. The first-order valence-corrected chi connectivity index (χ1v) is 14.8. The molecule has 0 spiro atoms. The van der Waals surface area contributed by atoms with Crippen molar-refractivity contribution in [2.75, 3.05) is 55.2 Å². The fourth-order valence-electron chi connectivity index (χ4n) is 5.28. The Labute approximate surface area is 234 Å². The molecule has 2 amide bonds. The van der Waals surface area contributed by atoms with E-state index in [9.17, 15) is 26.8 Å². The summed E-state index contributed by atoms with van der Waals surface area (Å²) in [5, 5.41) is 5.43. The lowest BCUT2D eigenvalue weighted by atomic mass is 10.1. The van der Waals surface area contributed by atoms with Crippen LogP contribution in [0.15, 0.2) is 18.3 Å². The van der Waals surface area contributed by atoms with Crippen molar-refractivity contribution in [3.05, 3.63) is 29.7 Å². The van der Waals surface area contributed by atoms with Crippen LogP contribution in [0.4, 0.5) is 36.3 Å². The second-order valence-corrected chi connectivity index (χ2v) is 12.4. The number of methoxy groups -OCH3 is 1. The summed E-state index contributed by atoms with van der Waals surface area (Å²) in [5.74, 6) is -6.44. The second-order valence-electron chi connectivity index (χ2n) is 10.4. The number of halogens is 3. The van der Waals surface area contributed by atoms with Gasteiger partial charge in [-0.15, -0.1) is 0 Å². The number of ether oxygens (including phenoxy) is 1. The number of amides is 2. The summed E-state index contributed by atoms with van der Waals surface area (Å²) in [6.45, 7) is -0.651. The van der Waals surface area contributed by atoms with Gasteiger partial charge in [0.25, 0.3) is 11.8 Å². The predicted octanol–water partition coefficient (Wildman–Crippen LogP) is 2.10. The van der Waals surface area contributed by atoms with E-state index < -0.39 is 46.2 Å². The van der Waals surface area contributed by atoms with Crippen molar-refractivity contribution >= 4 is 45.0 Å². The Kier molecular flexibility index (Phi) is 7.48. The number of benzene rings is 1. The quantitative estimate of drug-likeness (QED) is 0.492. The first kappa shape index (κ1) is 28.9. The minimum Gasteiger partial charge on any atom is -0.495 e. The fourth-order valence-corrected chi connectivity index (χ4v) is 6.18. The van der Waals surface area contributed by atoms with E-state index in [1.807, 2.05) is 0 Å². The van der Waals surface area contributed by atoms with E-state index >= 15 is 4.39 Å². The molecule has 5 rings (SSSR count). The summed E-state index contributed by atoms with van der Waals surface area (Å²) in [6, 6.07) is 1.51. The van der Waals surface area contributed by atoms with Crippen molar-refractivity contribution in [3.63, 3.8) is 0 Å². The molecule has 0 bridgehead atoms. The Hall–Kier alpha value is -3.66. The summed E-state index contributed by atoms with van der Waals surface area (Å²) in [5.41, 5.74) is -0.118. The van der Waals surface area contributed by atoms with Crippen LogP contribution in [0.2, 0.25) is 0 Å². The zero-order valence-corrected chi connectivity index (χ0v) is 23.5. The number of anilines is 4. The molecule has 1 saturated carbocycles. The molecule has 2 N–H and O–H groups in total. The number of rotatable bonds is 7. The molecule has 0 atom stereocenters. The van der Waals surface area contributed by atoms with Crippen LogP contribution in [-0.2, 0) is 14.8 Å². The first-order chi connectivity index (χ1) is 19.3. The molecule has 1 aromatic carbocycles. The monoisotopic (exact) mass is 597 g/mol. The Morgan fingerprint density at radius 2 is 1.88 bits per heavy atom. The summed E-state index contributed by atoms with van der Waals surface area (Å²) in [7, 11) is -0.811. The molecule has 3 heterocycles. The molecule has 1 saturated heterocycles. The normalized spacial score (nSPS) is 19.9. The van der Waals surface area contributed by atoms with Gasteiger partial charge in [0.05, 0.1) is 43.4 Å². The highest BCUT2D eigenvalue weighted by Gasteiger charge is 2.48. The van der Waals surface area contributed by atoms with Gasteiger partial charge in [-0.05, 0) is 18.9 Å². The number of alkyl halides is 2. The maximum atomic E-state index is 15.1. The van der Waals surface area contributed by atoms with E-state index in [2.05, 4.69) is 20.6 Å². The standard InChI is InChI=1S/C25H30F3N7O5S/c1-33-19-10-29-24(32-21(19)35(15-6-4-5-7-15)13-25(27,28)23(33)37)31-18-9-17(26)16(8-20(18)40-2)22(36)30-14-11-34(12-14)41(3,38)39/h8-10,14-15H,4-7,11-13H2,1-3H3,(H,30,36)(H,29,31,32). The molecule has 222 valence electrons. The number of hydrogen-bond acceptors (Lipinski definition) is 9. The molecular weight excluding hydrogens is 567 g/mol. The van der Waals surface area contributed by atoms with Gasteiger partial charge < -0.3 is 25.2 Å². The maximum Gasteiger partial charge on any atom is 0.342 e. The minimum atomic E-state index is -3.63. The summed E-state index contributed by atoms with van der Waals surface area (Å²) in [6.07, 6.45) is 5.42. The average Bonchev–Trinajstić information content (AvgIpc) is 3.40. The van der Waals surface area contributed by atoms with E-state index in [-0.39, 0.29) is 53.6 Å². The van der Waals surface area contributed by atoms with Gasteiger partial charge in [0.15, 0.2) is 5.82 Å². The van der Waals surface area contributed by atoms with Gasteiger partial charge >= 0.3 is 5.92 Å². The number of hydrogen-bond donors (Lipinski definition) is 2. The minimum absolute atomic E-state index is 0.0527. The Morgan fingerprint density at radius 1 is 1.20 bits per heavy atom. The molecule has 2 aliphatic heterocycles. The van der Waals surface area contributed by atoms with Crippen LogP contribution in [-0.4, -0.2) is 92.6 Å². The van der Waals surface area contributed by atoms with E-state index in [4.69, 9.17) is 4.74 Å². The van der Waals surface area contributed by atoms with Crippen molar-refractivity contribution < 1.29 is 35.9 Å². The van der Waals surface area contributed by atoms with Crippen molar-refractivity contribution in [2.45, 2.75) is 43.7 Å². The van der Waals surface area contributed by atoms with Gasteiger partial charge in [-0.25, -0.2) is 17.8 Å². The van der Waals surface area contributed by atoms with Crippen LogP contribution >= 0.6 is 0 Å². The maximum absolute atomic E-state index is 15.1. The molecule has 2 fully saturated rings. The Bertz CT molecular complexity index is 1480. The van der Waals surface area contributed by atoms with Gasteiger partial charge in [0.1, 0.15) is 17.3 Å².